The van der Waals surface area contributed by atoms with Crippen LogP contribution in [0.4, 0.5) is 5.69 Å². The summed E-state index contributed by atoms with van der Waals surface area (Å²) in [5, 5.41) is 13.1. The van der Waals surface area contributed by atoms with Gasteiger partial charge in [-0.3, -0.25) is 4.79 Å². The van der Waals surface area contributed by atoms with Crippen LogP contribution < -0.4 is 10.2 Å². The number of fused-ring (bicyclic) bond motifs is 1. The van der Waals surface area contributed by atoms with E-state index in [1.165, 1.54) is 11.3 Å². The minimum atomic E-state index is -0.604. The van der Waals surface area contributed by atoms with Gasteiger partial charge in [0.2, 0.25) is 5.91 Å². The summed E-state index contributed by atoms with van der Waals surface area (Å²) in [5.41, 5.74) is 2.61. The van der Waals surface area contributed by atoms with Crippen LogP contribution in [-0.4, -0.2) is 63.2 Å². The molecule has 2 heterocycles. The summed E-state index contributed by atoms with van der Waals surface area (Å²) in [6.07, 6.45) is 1.77. The van der Waals surface area contributed by atoms with Gasteiger partial charge < -0.3 is 24.8 Å². The maximum atomic E-state index is 12.2. The molecule has 0 bridgehead atoms. The van der Waals surface area contributed by atoms with Crippen LogP contribution in [0.25, 0.3) is 0 Å². The molecule has 0 aliphatic carbocycles. The minimum Gasteiger partial charge on any atom is -0.390 e. The molecule has 3 rings (SSSR count). The predicted molar refractivity (Wildman–Crippen MR) is 95.7 cm³/mol. The van der Waals surface area contributed by atoms with E-state index < -0.39 is 6.10 Å². The average Bonchev–Trinajstić information content (AvgIpc) is 2.65. The molecular weight excluding hydrogens is 320 g/mol. The summed E-state index contributed by atoms with van der Waals surface area (Å²) in [7, 11) is 1.56. The number of rotatable bonds is 6. The van der Waals surface area contributed by atoms with Crippen molar-refractivity contribution in [3.05, 3.63) is 29.8 Å². The number of aliphatic hydroxyl groups excluding tert-OH is 1. The van der Waals surface area contributed by atoms with Gasteiger partial charge in [0.25, 0.3) is 0 Å². The molecule has 6 nitrogen and oxygen atoms in total. The Morgan fingerprint density at radius 3 is 3.08 bits per heavy atom. The van der Waals surface area contributed by atoms with E-state index in [0.29, 0.717) is 32.7 Å². The van der Waals surface area contributed by atoms with E-state index in [4.69, 9.17) is 9.47 Å². The van der Waals surface area contributed by atoms with Gasteiger partial charge in [0, 0.05) is 44.8 Å². The molecule has 138 valence electrons. The molecule has 1 aromatic carbocycles. The first-order valence-electron chi connectivity index (χ1n) is 9.07. The Balaban J connectivity index is 1.45. The first-order chi connectivity index (χ1) is 12.2. The van der Waals surface area contributed by atoms with E-state index in [0.717, 1.165) is 19.4 Å². The molecule has 0 saturated carbocycles. The van der Waals surface area contributed by atoms with Crippen molar-refractivity contribution in [1.29, 1.82) is 0 Å². The monoisotopic (exact) mass is 348 g/mol. The first-order valence-corrected chi connectivity index (χ1v) is 9.07. The molecule has 25 heavy (non-hydrogen) atoms. The van der Waals surface area contributed by atoms with Crippen LogP contribution in [-0.2, 0) is 20.7 Å². The number of para-hydroxylation sites is 1. The Morgan fingerprint density at radius 2 is 2.24 bits per heavy atom. The molecule has 6 heteroatoms. The van der Waals surface area contributed by atoms with Crippen LogP contribution in [0.3, 0.4) is 0 Å². The number of hydrogen-bond acceptors (Lipinski definition) is 5. The number of hydrogen-bond donors (Lipinski definition) is 2. The molecule has 0 radical (unpaired) electrons. The van der Waals surface area contributed by atoms with E-state index in [1.54, 1.807) is 7.11 Å². The predicted octanol–water partition coefficient (Wildman–Crippen LogP) is 0.968. The summed E-state index contributed by atoms with van der Waals surface area (Å²) in [6.45, 7) is 2.97. The van der Waals surface area contributed by atoms with Gasteiger partial charge in [-0.15, -0.1) is 0 Å². The number of anilines is 1. The number of nitrogens with one attached hydrogen (secondary N) is 1. The maximum absolute atomic E-state index is 12.2. The Bertz CT molecular complexity index is 580. The lowest BCUT2D eigenvalue weighted by Gasteiger charge is -2.34. The third-order valence-electron chi connectivity index (χ3n) is 5.16. The number of aryl methyl sites for hydroxylation is 1. The molecule has 1 fully saturated rings. The fourth-order valence-corrected chi connectivity index (χ4v) is 3.64. The molecule has 1 saturated heterocycles. The molecule has 2 aliphatic rings. The van der Waals surface area contributed by atoms with Crippen molar-refractivity contribution < 1.29 is 19.4 Å². The van der Waals surface area contributed by atoms with Crippen LogP contribution in [0.2, 0.25) is 0 Å². The van der Waals surface area contributed by atoms with Gasteiger partial charge in [-0.1, -0.05) is 18.2 Å². The number of ether oxygens (including phenoxy) is 2. The minimum absolute atomic E-state index is 0.00907. The Labute approximate surface area is 149 Å². The quantitative estimate of drug-likeness (QED) is 0.802. The fraction of sp³-hybridized carbons (Fsp3) is 0.632. The van der Waals surface area contributed by atoms with E-state index >= 15 is 0 Å². The van der Waals surface area contributed by atoms with Gasteiger partial charge in [0.15, 0.2) is 0 Å². The average molecular weight is 348 g/mol. The van der Waals surface area contributed by atoms with Crippen molar-refractivity contribution in [1.82, 2.24) is 5.32 Å². The Kier molecular flexibility index (Phi) is 6.29. The van der Waals surface area contributed by atoms with Gasteiger partial charge in [-0.2, -0.15) is 0 Å². The molecular formula is C19H28N2O4. The lowest BCUT2D eigenvalue weighted by molar-refractivity contribution is -0.136. The topological polar surface area (TPSA) is 71.0 Å². The summed E-state index contributed by atoms with van der Waals surface area (Å²) in [6, 6.07) is 8.42. The summed E-state index contributed by atoms with van der Waals surface area (Å²) >= 11 is 0. The standard InChI is InChI=1S/C19H28N2O4/c1-24-17-13-25-12-15(19(17)23)11-20-18(22)8-10-21-9-4-6-14-5-2-3-7-16(14)21/h2-3,5,7,15,17,19,23H,4,6,8-13H2,1H3,(H,20,22)/t15-,17-,19+/m1/s1. The molecule has 2 N–H and O–H groups in total. The second-order valence-electron chi connectivity index (χ2n) is 6.84. The number of nitrogens with zero attached hydrogens (tertiary/aromatic N) is 1. The highest BCUT2D eigenvalue weighted by Crippen LogP contribution is 2.26. The van der Waals surface area contributed by atoms with E-state index in [-0.39, 0.29) is 17.9 Å². The van der Waals surface area contributed by atoms with Gasteiger partial charge in [0.05, 0.1) is 19.3 Å². The third kappa shape index (κ3) is 4.51. The molecule has 0 unspecified atom stereocenters. The fourth-order valence-electron chi connectivity index (χ4n) is 3.64. The SMILES string of the molecule is CO[C@@H]1COC[C@@H](CNC(=O)CCN2CCCc3ccccc32)[C@@H]1O. The normalized spacial score (nSPS) is 26.2. The van der Waals surface area contributed by atoms with Crippen LogP contribution in [0.1, 0.15) is 18.4 Å². The number of methoxy groups -OCH3 is 1. The molecule has 0 aromatic heterocycles. The zero-order valence-electron chi connectivity index (χ0n) is 14.8. The van der Waals surface area contributed by atoms with Crippen molar-refractivity contribution in [2.45, 2.75) is 31.5 Å². The lowest BCUT2D eigenvalue weighted by Crippen LogP contribution is -2.49. The number of amides is 1. The highest BCUT2D eigenvalue weighted by Gasteiger charge is 2.32. The second kappa shape index (κ2) is 8.65. The van der Waals surface area contributed by atoms with E-state index in [2.05, 4.69) is 28.4 Å². The zero-order valence-corrected chi connectivity index (χ0v) is 14.8. The highest BCUT2D eigenvalue weighted by molar-refractivity contribution is 5.76. The van der Waals surface area contributed by atoms with Gasteiger partial charge >= 0.3 is 0 Å². The summed E-state index contributed by atoms with van der Waals surface area (Å²) < 4.78 is 10.6. The van der Waals surface area contributed by atoms with Crippen molar-refractivity contribution in [2.75, 3.05) is 44.9 Å². The smallest absolute Gasteiger partial charge is 0.221 e. The van der Waals surface area contributed by atoms with Gasteiger partial charge in [-0.25, -0.2) is 0 Å². The van der Waals surface area contributed by atoms with Crippen LogP contribution in [0, 0.1) is 5.92 Å². The third-order valence-corrected chi connectivity index (χ3v) is 5.16. The first kappa shape index (κ1) is 18.2. The van der Waals surface area contributed by atoms with Crippen molar-refractivity contribution >= 4 is 11.6 Å². The number of carbonyl (C=O) groups is 1. The Morgan fingerprint density at radius 1 is 1.40 bits per heavy atom. The van der Waals surface area contributed by atoms with E-state index in [1.807, 2.05) is 6.07 Å². The second-order valence-corrected chi connectivity index (χ2v) is 6.84. The number of benzene rings is 1. The largest absolute Gasteiger partial charge is 0.390 e. The maximum Gasteiger partial charge on any atom is 0.221 e. The number of aliphatic hydroxyl groups is 1. The van der Waals surface area contributed by atoms with Crippen LogP contribution in [0.5, 0.6) is 0 Å². The molecule has 1 aromatic rings. The molecule has 3 atom stereocenters. The summed E-state index contributed by atoms with van der Waals surface area (Å²) in [5.74, 6) is -0.117. The summed E-state index contributed by atoms with van der Waals surface area (Å²) in [4.78, 5) is 14.5. The zero-order chi connectivity index (χ0) is 17.6. The van der Waals surface area contributed by atoms with Gasteiger partial charge in [0.1, 0.15) is 6.10 Å². The Hall–Kier alpha value is -1.63. The van der Waals surface area contributed by atoms with Crippen molar-refractivity contribution in [3.8, 4) is 0 Å². The van der Waals surface area contributed by atoms with E-state index in [9.17, 15) is 9.90 Å². The number of carbonyl (C=O) groups excluding carboxylic acids is 1. The molecule has 0 spiro atoms. The van der Waals surface area contributed by atoms with Crippen LogP contribution in [0.15, 0.2) is 24.3 Å². The molecule has 2 aliphatic heterocycles. The van der Waals surface area contributed by atoms with Crippen LogP contribution >= 0.6 is 0 Å². The van der Waals surface area contributed by atoms with Crippen molar-refractivity contribution in [2.24, 2.45) is 5.92 Å². The lowest BCUT2D eigenvalue weighted by atomic mass is 9.96. The highest BCUT2D eigenvalue weighted by atomic mass is 16.5. The van der Waals surface area contributed by atoms with Crippen molar-refractivity contribution in [3.63, 3.8) is 0 Å². The van der Waals surface area contributed by atoms with Gasteiger partial charge in [-0.05, 0) is 24.5 Å². The molecule has 1 amide bonds.